The van der Waals surface area contributed by atoms with Gasteiger partial charge in [-0.3, -0.25) is 9.59 Å². The number of pyridine rings is 2. The van der Waals surface area contributed by atoms with Gasteiger partial charge in [-0.2, -0.15) is 0 Å². The fourth-order valence-electron chi connectivity index (χ4n) is 4.62. The van der Waals surface area contributed by atoms with E-state index in [9.17, 15) is 63.7 Å². The summed E-state index contributed by atoms with van der Waals surface area (Å²) in [5.74, 6) is -25.6. The molecule has 0 atom stereocenters. The minimum absolute atomic E-state index is 0. The molecule has 317 valence electrons. The second-order valence-electron chi connectivity index (χ2n) is 10.9. The number of aromatic nitrogens is 2. The van der Waals surface area contributed by atoms with Crippen molar-refractivity contribution in [3.05, 3.63) is 154 Å². The van der Waals surface area contributed by atoms with Crippen LogP contribution in [-0.4, -0.2) is 44.2 Å². The van der Waals surface area contributed by atoms with Gasteiger partial charge >= 0.3 is 0 Å². The van der Waals surface area contributed by atoms with Crippen LogP contribution in [0.3, 0.4) is 0 Å². The summed E-state index contributed by atoms with van der Waals surface area (Å²) < 4.78 is 133. The summed E-state index contributed by atoms with van der Waals surface area (Å²) in [5.41, 5.74) is -1.74. The van der Waals surface area contributed by atoms with Crippen LogP contribution in [-0.2, 0) is 33.8 Å². The Kier molecular flexibility index (Phi) is 19.8. The third kappa shape index (κ3) is 11.3. The summed E-state index contributed by atoms with van der Waals surface area (Å²) in [5, 5.41) is 19.9. The number of hydrogen-bond acceptors (Lipinski definition) is 8. The van der Waals surface area contributed by atoms with Gasteiger partial charge in [-0.1, -0.05) is 60.7 Å². The molecule has 0 aliphatic heterocycles. The third-order valence-corrected chi connectivity index (χ3v) is 7.42. The molecule has 0 amide bonds. The number of aromatic hydroxyl groups is 2. The molecule has 0 fully saturated rings. The summed E-state index contributed by atoms with van der Waals surface area (Å²) >= 11 is 0. The molecule has 1 radical (unpaired) electrons. The molecule has 2 N–H and O–H groups in total. The van der Waals surface area contributed by atoms with E-state index >= 15 is 0 Å². The van der Waals surface area contributed by atoms with E-state index in [-0.39, 0.29) is 69.8 Å². The molecule has 0 aliphatic rings. The first-order valence-electron chi connectivity index (χ1n) is 15.3. The molecule has 0 aliphatic carbocycles. The van der Waals surface area contributed by atoms with Gasteiger partial charge in [-0.25, -0.2) is 63.9 Å². The average Bonchev–Trinajstić information content (AvgIpc) is 3.21. The summed E-state index contributed by atoms with van der Waals surface area (Å²) in [6, 6.07) is 22.6. The van der Waals surface area contributed by atoms with Crippen LogP contribution in [0.1, 0.15) is 20.7 Å². The van der Waals surface area contributed by atoms with E-state index in [1.807, 2.05) is 0 Å². The number of Topliss-reactive ketones (excluding diaryl/α,β-unsaturated/α-hetero) is 2. The molecule has 0 saturated heterocycles. The standard InChI is InChI=1S/2C19H9F5N2O2.2ClH.Co.Fe/c2*20-13-14(21)16(23)18(17(24)15(13)22)25-8-12(27)10-6-7-11(26-19(10)28)9-4-2-1-3-5-9;;;;/h2*1-8H,(H,26,28);2*1H;;. The zero-order chi connectivity index (χ0) is 40.8. The van der Waals surface area contributed by atoms with Crippen molar-refractivity contribution >= 4 is 60.2 Å². The van der Waals surface area contributed by atoms with E-state index in [4.69, 9.17) is 0 Å². The van der Waals surface area contributed by atoms with Gasteiger partial charge in [-0.05, 0) is 24.3 Å². The average molecular weight is 972 g/mol. The van der Waals surface area contributed by atoms with E-state index in [1.54, 1.807) is 60.7 Å². The molecule has 6 rings (SSSR count). The molecule has 0 saturated carbocycles. The van der Waals surface area contributed by atoms with Gasteiger partial charge in [0.05, 0.1) is 34.9 Å². The number of carbonyl (C=O) groups is 2. The van der Waals surface area contributed by atoms with Crippen LogP contribution in [0.25, 0.3) is 22.5 Å². The van der Waals surface area contributed by atoms with E-state index < -0.39 is 92.9 Å². The van der Waals surface area contributed by atoms with Crippen LogP contribution in [0, 0.1) is 58.2 Å². The smallest absolute Gasteiger partial charge is 0.222 e. The summed E-state index contributed by atoms with van der Waals surface area (Å²) in [7, 11) is 0. The number of rotatable bonds is 8. The predicted molar refractivity (Wildman–Crippen MR) is 195 cm³/mol. The first-order chi connectivity index (χ1) is 26.6. The van der Waals surface area contributed by atoms with Crippen LogP contribution in [0.5, 0.6) is 11.8 Å². The maximum absolute atomic E-state index is 13.6. The van der Waals surface area contributed by atoms with Crippen molar-refractivity contribution in [2.45, 2.75) is 0 Å². The summed E-state index contributed by atoms with van der Waals surface area (Å²) in [6.07, 6.45) is 0.661. The SMILES string of the molecule is Cl.Cl.O=C(C=Nc1c(F)c(F)c(F)c(F)c1F)c1ccc(-c2ccccc2)nc1O.O=C(C=Nc1c(F)c(F)c(F)c(F)c1F)c1ccc(-c2ccccc2)nc1O.[Co].[Fe]. The van der Waals surface area contributed by atoms with Crippen LogP contribution >= 0.6 is 24.8 Å². The number of ketones is 2. The maximum Gasteiger partial charge on any atom is 0.222 e. The zero-order valence-corrected chi connectivity index (χ0v) is 32.8. The Balaban J connectivity index is 0.000000562. The molecule has 60 heavy (non-hydrogen) atoms. The second kappa shape index (κ2) is 22.7. The van der Waals surface area contributed by atoms with Crippen LogP contribution < -0.4 is 0 Å². The van der Waals surface area contributed by atoms with Crippen LogP contribution in [0.15, 0.2) is 94.9 Å². The fourth-order valence-corrected chi connectivity index (χ4v) is 4.62. The van der Waals surface area contributed by atoms with Crippen molar-refractivity contribution in [3.8, 4) is 34.3 Å². The Hall–Kier alpha value is -5.63. The summed E-state index contributed by atoms with van der Waals surface area (Å²) in [4.78, 5) is 38.0. The molecule has 8 nitrogen and oxygen atoms in total. The second-order valence-corrected chi connectivity index (χ2v) is 10.9. The largest absolute Gasteiger partial charge is 0.493 e. The number of carbonyl (C=O) groups excluding carboxylic acids is 2. The van der Waals surface area contributed by atoms with E-state index in [0.29, 0.717) is 34.9 Å². The van der Waals surface area contributed by atoms with Gasteiger partial charge in [-0.15, -0.1) is 24.8 Å². The van der Waals surface area contributed by atoms with Crippen LogP contribution in [0.2, 0.25) is 0 Å². The topological polar surface area (TPSA) is 125 Å². The van der Waals surface area contributed by atoms with E-state index in [2.05, 4.69) is 20.0 Å². The number of nitrogens with zero attached hydrogens (tertiary/aromatic N) is 4. The molecule has 0 bridgehead atoms. The first kappa shape index (κ1) is 52.4. The molecule has 22 heteroatoms. The Morgan fingerprint density at radius 1 is 0.450 bits per heavy atom. The van der Waals surface area contributed by atoms with Crippen molar-refractivity contribution in [2.24, 2.45) is 9.98 Å². The van der Waals surface area contributed by atoms with Gasteiger partial charge in [0.25, 0.3) is 0 Å². The summed E-state index contributed by atoms with van der Waals surface area (Å²) in [6.45, 7) is 0. The van der Waals surface area contributed by atoms with Crippen molar-refractivity contribution < 1.29 is 97.6 Å². The fraction of sp³-hybridized carbons (Fsp3) is 0. The van der Waals surface area contributed by atoms with Crippen molar-refractivity contribution in [2.75, 3.05) is 0 Å². The first-order valence-corrected chi connectivity index (χ1v) is 15.3. The maximum atomic E-state index is 13.6. The number of aliphatic imine (C=N–C) groups is 2. The normalized spacial score (nSPS) is 10.4. The van der Waals surface area contributed by atoms with E-state index in [1.165, 1.54) is 24.3 Å². The van der Waals surface area contributed by atoms with Gasteiger partial charge in [0.15, 0.2) is 46.5 Å². The van der Waals surface area contributed by atoms with Gasteiger partial charge in [0.2, 0.25) is 35.0 Å². The minimum atomic E-state index is -2.33. The van der Waals surface area contributed by atoms with Gasteiger partial charge in [0, 0.05) is 45.0 Å². The molecule has 4 aromatic carbocycles. The molecule has 2 heterocycles. The molecule has 0 unspecified atom stereocenters. The Morgan fingerprint density at radius 2 is 0.717 bits per heavy atom. The Morgan fingerprint density at radius 3 is 0.983 bits per heavy atom. The van der Waals surface area contributed by atoms with Crippen LogP contribution in [0.4, 0.5) is 55.3 Å². The Bertz CT molecular complexity index is 2350. The Labute approximate surface area is 364 Å². The zero-order valence-electron chi connectivity index (χ0n) is 29.0. The molecule has 6 aromatic rings. The minimum Gasteiger partial charge on any atom is -0.493 e. The van der Waals surface area contributed by atoms with Gasteiger partial charge in [0.1, 0.15) is 11.4 Å². The van der Waals surface area contributed by atoms with E-state index in [0.717, 1.165) is 0 Å². The molecular weight excluding hydrogens is 952 g/mol. The monoisotopic (exact) mass is 971 g/mol. The number of benzene rings is 4. The molecule has 0 spiro atoms. The number of hydrogen-bond donors (Lipinski definition) is 2. The third-order valence-electron chi connectivity index (χ3n) is 7.42. The van der Waals surface area contributed by atoms with Crippen molar-refractivity contribution in [1.29, 1.82) is 0 Å². The van der Waals surface area contributed by atoms with Crippen molar-refractivity contribution in [1.82, 2.24) is 9.97 Å². The molecule has 2 aromatic heterocycles. The molecular formula is C38H20Cl2CoF10FeN4O4. The predicted octanol–water partition coefficient (Wildman–Crippen LogP) is 10.3. The van der Waals surface area contributed by atoms with Crippen molar-refractivity contribution in [3.63, 3.8) is 0 Å². The van der Waals surface area contributed by atoms with Gasteiger partial charge < -0.3 is 10.2 Å². The number of halogens is 12. The quantitative estimate of drug-likeness (QED) is 0.0391.